The van der Waals surface area contributed by atoms with Crippen molar-refractivity contribution in [3.05, 3.63) is 188 Å². The monoisotopic (exact) mass is 709 g/mol. The smallest absolute Gasteiger partial charge is 0.0468 e. The fourth-order valence-corrected chi connectivity index (χ4v) is 10.3. The van der Waals surface area contributed by atoms with Crippen LogP contribution in [-0.4, -0.2) is 0 Å². The van der Waals surface area contributed by atoms with E-state index in [1.807, 2.05) is 22.7 Å². The summed E-state index contributed by atoms with van der Waals surface area (Å²) in [6.07, 6.45) is 0. The molecule has 0 unspecified atom stereocenters. The Bertz CT molecular complexity index is 3170. The van der Waals surface area contributed by atoms with Gasteiger partial charge in [-0.05, 0) is 111 Å². The molecular weight excluding hydrogens is 679 g/mol. The highest BCUT2D eigenvalue weighted by Gasteiger charge is 2.18. The van der Waals surface area contributed by atoms with Crippen molar-refractivity contribution in [2.24, 2.45) is 0 Å². The molecule has 0 fully saturated rings. The molecule has 3 heteroatoms. The van der Waals surface area contributed by atoms with Crippen LogP contribution in [0.1, 0.15) is 0 Å². The molecular formula is C50H31NS2. The lowest BCUT2D eigenvalue weighted by Crippen LogP contribution is -2.09. The van der Waals surface area contributed by atoms with Gasteiger partial charge in [0.25, 0.3) is 0 Å². The van der Waals surface area contributed by atoms with Gasteiger partial charge in [-0.2, -0.15) is 0 Å². The van der Waals surface area contributed by atoms with Crippen molar-refractivity contribution in [3.63, 3.8) is 0 Å². The van der Waals surface area contributed by atoms with Crippen LogP contribution >= 0.6 is 22.7 Å². The minimum atomic E-state index is 1.13. The molecule has 0 aliphatic carbocycles. The van der Waals surface area contributed by atoms with Crippen molar-refractivity contribution in [1.29, 1.82) is 0 Å². The van der Waals surface area contributed by atoms with Crippen molar-refractivity contribution in [2.75, 3.05) is 4.90 Å². The van der Waals surface area contributed by atoms with Gasteiger partial charge in [-0.1, -0.05) is 121 Å². The first kappa shape index (κ1) is 30.4. The molecule has 0 saturated heterocycles. The van der Waals surface area contributed by atoms with Crippen molar-refractivity contribution >= 4 is 102 Å². The van der Waals surface area contributed by atoms with Gasteiger partial charge in [0.05, 0.1) is 0 Å². The summed E-state index contributed by atoms with van der Waals surface area (Å²) in [6, 6.07) is 69.3. The molecule has 0 aliphatic rings. The summed E-state index contributed by atoms with van der Waals surface area (Å²) in [6.45, 7) is 0. The number of rotatable bonds is 5. The van der Waals surface area contributed by atoms with E-state index in [4.69, 9.17) is 0 Å². The second-order valence-corrected chi connectivity index (χ2v) is 15.9. The van der Waals surface area contributed by atoms with Gasteiger partial charge in [0.15, 0.2) is 0 Å². The van der Waals surface area contributed by atoms with E-state index in [-0.39, 0.29) is 0 Å². The molecule has 53 heavy (non-hydrogen) atoms. The highest BCUT2D eigenvalue weighted by atomic mass is 32.1. The van der Waals surface area contributed by atoms with Gasteiger partial charge in [0, 0.05) is 57.4 Å². The van der Waals surface area contributed by atoms with Crippen LogP contribution in [0.15, 0.2) is 188 Å². The van der Waals surface area contributed by atoms with E-state index < -0.39 is 0 Å². The van der Waals surface area contributed by atoms with E-state index in [1.54, 1.807) is 0 Å². The summed E-state index contributed by atoms with van der Waals surface area (Å²) in [5, 5.41) is 10.3. The average molecular weight is 710 g/mol. The Hall–Kier alpha value is -6.26. The Labute approximate surface area is 315 Å². The number of hydrogen-bond acceptors (Lipinski definition) is 3. The predicted octanol–water partition coefficient (Wildman–Crippen LogP) is 15.5. The molecule has 0 saturated carbocycles. The Kier molecular flexibility index (Phi) is 6.97. The number of fused-ring (bicyclic) bond motifs is 9. The summed E-state index contributed by atoms with van der Waals surface area (Å²) >= 11 is 3.74. The van der Waals surface area contributed by atoms with Crippen LogP contribution in [0, 0.1) is 0 Å². The first-order chi connectivity index (χ1) is 26.2. The summed E-state index contributed by atoms with van der Waals surface area (Å²) < 4.78 is 5.22. The van der Waals surface area contributed by atoms with Gasteiger partial charge < -0.3 is 4.90 Å². The van der Waals surface area contributed by atoms with Gasteiger partial charge in [-0.15, -0.1) is 22.7 Å². The number of hydrogen-bond donors (Lipinski definition) is 0. The number of nitrogens with zero attached hydrogens (tertiary/aromatic N) is 1. The van der Waals surface area contributed by atoms with E-state index in [0.717, 1.165) is 17.1 Å². The maximum absolute atomic E-state index is 2.42. The molecule has 1 nitrogen and oxygen atoms in total. The second kappa shape index (κ2) is 12.2. The Balaban J connectivity index is 1.10. The van der Waals surface area contributed by atoms with Crippen LogP contribution in [0.5, 0.6) is 0 Å². The Morgan fingerprint density at radius 3 is 1.74 bits per heavy atom. The fourth-order valence-electron chi connectivity index (χ4n) is 8.11. The molecule has 0 spiro atoms. The molecule has 2 aromatic heterocycles. The largest absolute Gasteiger partial charge is 0.310 e. The lowest BCUT2D eigenvalue weighted by Gasteiger charge is -2.26. The lowest BCUT2D eigenvalue weighted by atomic mass is 9.95. The molecule has 0 aliphatic heterocycles. The third-order valence-electron chi connectivity index (χ3n) is 10.6. The van der Waals surface area contributed by atoms with Gasteiger partial charge in [-0.3, -0.25) is 0 Å². The standard InChI is InChI=1S/C50H31NS2/c1-2-9-32(10-3-1)33-19-22-37(23-20-33)51(38-24-27-47-44(30-38)43-13-6-7-15-46(43)52-47)39-25-28-48-45(31-39)50-42(14-8-16-49(50)53-48)36-21-26-41-35(29-36)18-17-34-11-4-5-12-40(34)41/h1-31H. The summed E-state index contributed by atoms with van der Waals surface area (Å²) in [5.74, 6) is 0. The minimum Gasteiger partial charge on any atom is -0.310 e. The SMILES string of the molecule is c1ccc(-c2ccc(N(c3ccc4sc5ccccc5c4c3)c3ccc4sc5cccc(-c6ccc7c(ccc8ccccc87)c6)c5c4c3)cc2)cc1. The molecule has 0 bridgehead atoms. The van der Waals surface area contributed by atoms with E-state index in [2.05, 4.69) is 193 Å². The van der Waals surface area contributed by atoms with E-state index >= 15 is 0 Å². The second-order valence-electron chi connectivity index (χ2n) is 13.7. The first-order valence-electron chi connectivity index (χ1n) is 18.0. The predicted molar refractivity (Wildman–Crippen MR) is 233 cm³/mol. The van der Waals surface area contributed by atoms with Gasteiger partial charge >= 0.3 is 0 Å². The van der Waals surface area contributed by atoms with Crippen LogP contribution in [0.2, 0.25) is 0 Å². The molecule has 2 heterocycles. The molecule has 11 aromatic rings. The normalized spacial score (nSPS) is 11.8. The van der Waals surface area contributed by atoms with Crippen LogP contribution in [0.25, 0.3) is 84.1 Å². The van der Waals surface area contributed by atoms with E-state index in [0.29, 0.717) is 0 Å². The van der Waals surface area contributed by atoms with E-state index in [1.165, 1.54) is 84.1 Å². The third-order valence-corrected chi connectivity index (χ3v) is 12.9. The van der Waals surface area contributed by atoms with Crippen molar-refractivity contribution in [1.82, 2.24) is 0 Å². The zero-order chi connectivity index (χ0) is 34.9. The number of anilines is 3. The van der Waals surface area contributed by atoms with Gasteiger partial charge in [0.1, 0.15) is 0 Å². The Morgan fingerprint density at radius 2 is 0.887 bits per heavy atom. The molecule has 0 atom stereocenters. The first-order valence-corrected chi connectivity index (χ1v) is 19.6. The third kappa shape index (κ3) is 5.04. The maximum Gasteiger partial charge on any atom is 0.0468 e. The quantitative estimate of drug-likeness (QED) is 0.161. The highest BCUT2D eigenvalue weighted by Crippen LogP contribution is 2.46. The zero-order valence-electron chi connectivity index (χ0n) is 28.7. The maximum atomic E-state index is 2.42. The number of benzene rings is 9. The van der Waals surface area contributed by atoms with Crippen molar-refractivity contribution < 1.29 is 0 Å². The molecule has 0 amide bonds. The van der Waals surface area contributed by atoms with Crippen molar-refractivity contribution in [3.8, 4) is 22.3 Å². The van der Waals surface area contributed by atoms with Crippen LogP contribution < -0.4 is 4.90 Å². The molecule has 0 N–H and O–H groups in total. The van der Waals surface area contributed by atoms with Crippen LogP contribution in [0.3, 0.4) is 0 Å². The molecule has 248 valence electrons. The zero-order valence-corrected chi connectivity index (χ0v) is 30.3. The highest BCUT2D eigenvalue weighted by molar-refractivity contribution is 7.26. The fraction of sp³-hybridized carbons (Fsp3) is 0. The number of thiophene rings is 2. The van der Waals surface area contributed by atoms with Crippen LogP contribution in [0.4, 0.5) is 17.1 Å². The topological polar surface area (TPSA) is 3.24 Å². The summed E-state index contributed by atoms with van der Waals surface area (Å²) in [5.41, 5.74) is 8.36. The van der Waals surface area contributed by atoms with Crippen molar-refractivity contribution in [2.45, 2.75) is 0 Å². The van der Waals surface area contributed by atoms with Gasteiger partial charge in [-0.25, -0.2) is 0 Å². The van der Waals surface area contributed by atoms with E-state index in [9.17, 15) is 0 Å². The molecule has 0 radical (unpaired) electrons. The summed E-state index contributed by atoms with van der Waals surface area (Å²) in [7, 11) is 0. The molecule has 9 aromatic carbocycles. The molecule has 11 rings (SSSR count). The minimum absolute atomic E-state index is 1.13. The van der Waals surface area contributed by atoms with Gasteiger partial charge in [0.2, 0.25) is 0 Å². The summed E-state index contributed by atoms with van der Waals surface area (Å²) in [4.78, 5) is 2.42. The lowest BCUT2D eigenvalue weighted by molar-refractivity contribution is 1.30. The Morgan fingerprint density at radius 1 is 0.302 bits per heavy atom. The van der Waals surface area contributed by atoms with Crippen LogP contribution in [-0.2, 0) is 0 Å². The average Bonchev–Trinajstić information content (AvgIpc) is 3.79.